The third-order valence-electron chi connectivity index (χ3n) is 3.28. The Kier molecular flexibility index (Phi) is 5.24. The zero-order chi connectivity index (χ0) is 14.4. The van der Waals surface area contributed by atoms with E-state index in [1.807, 2.05) is 31.7 Å². The molecule has 0 aliphatic rings. The standard InChI is InChI=1S/C15H23N5/c1-4-6-16-13(15-18-10-12(3)11-19-15)9-14-17-7-8-20(14)5-2/h7-8,10-11,13,16H,4-6,9H2,1-3H3. The summed E-state index contributed by atoms with van der Waals surface area (Å²) in [7, 11) is 0. The molecule has 5 heteroatoms. The molecule has 0 aliphatic heterocycles. The Balaban J connectivity index is 2.17. The number of imidazole rings is 1. The van der Waals surface area contributed by atoms with Crippen molar-refractivity contribution in [3.05, 3.63) is 42.0 Å². The largest absolute Gasteiger partial charge is 0.335 e. The minimum absolute atomic E-state index is 0.114. The van der Waals surface area contributed by atoms with Gasteiger partial charge in [0.25, 0.3) is 0 Å². The highest BCUT2D eigenvalue weighted by Crippen LogP contribution is 2.14. The molecule has 0 radical (unpaired) electrons. The second-order valence-corrected chi connectivity index (χ2v) is 4.96. The number of nitrogens with one attached hydrogen (secondary N) is 1. The van der Waals surface area contributed by atoms with Crippen molar-refractivity contribution in [1.82, 2.24) is 24.8 Å². The molecule has 0 fully saturated rings. The maximum atomic E-state index is 4.46. The highest BCUT2D eigenvalue weighted by atomic mass is 15.1. The van der Waals surface area contributed by atoms with Crippen LogP contribution in [0.1, 0.15) is 43.5 Å². The number of nitrogens with zero attached hydrogens (tertiary/aromatic N) is 4. The molecule has 0 bridgehead atoms. The fourth-order valence-electron chi connectivity index (χ4n) is 2.16. The highest BCUT2D eigenvalue weighted by Gasteiger charge is 2.16. The van der Waals surface area contributed by atoms with E-state index in [1.165, 1.54) is 0 Å². The van der Waals surface area contributed by atoms with Gasteiger partial charge in [-0.25, -0.2) is 15.0 Å². The average Bonchev–Trinajstić information content (AvgIpc) is 2.91. The van der Waals surface area contributed by atoms with Crippen LogP contribution in [0.2, 0.25) is 0 Å². The number of aromatic nitrogens is 4. The van der Waals surface area contributed by atoms with Gasteiger partial charge in [-0.05, 0) is 32.4 Å². The van der Waals surface area contributed by atoms with E-state index < -0.39 is 0 Å². The van der Waals surface area contributed by atoms with Gasteiger partial charge < -0.3 is 9.88 Å². The second kappa shape index (κ2) is 7.14. The zero-order valence-electron chi connectivity index (χ0n) is 12.5. The predicted octanol–water partition coefficient (Wildman–Crippen LogP) is 2.28. The van der Waals surface area contributed by atoms with Crippen LogP contribution in [0.25, 0.3) is 0 Å². The molecule has 1 atom stereocenters. The Morgan fingerprint density at radius 3 is 2.60 bits per heavy atom. The maximum absolute atomic E-state index is 4.46. The number of hydrogen-bond acceptors (Lipinski definition) is 4. The van der Waals surface area contributed by atoms with Gasteiger partial charge in [0, 0.05) is 37.8 Å². The Morgan fingerprint density at radius 1 is 1.20 bits per heavy atom. The molecule has 5 nitrogen and oxygen atoms in total. The van der Waals surface area contributed by atoms with Crippen LogP contribution >= 0.6 is 0 Å². The molecular weight excluding hydrogens is 250 g/mol. The Hall–Kier alpha value is -1.75. The van der Waals surface area contributed by atoms with Gasteiger partial charge >= 0.3 is 0 Å². The summed E-state index contributed by atoms with van der Waals surface area (Å²) in [5, 5.41) is 3.52. The molecule has 2 rings (SSSR count). The van der Waals surface area contributed by atoms with E-state index in [-0.39, 0.29) is 6.04 Å². The molecule has 2 heterocycles. The maximum Gasteiger partial charge on any atom is 0.145 e. The minimum Gasteiger partial charge on any atom is -0.335 e. The van der Waals surface area contributed by atoms with E-state index in [4.69, 9.17) is 0 Å². The molecule has 1 unspecified atom stereocenters. The van der Waals surface area contributed by atoms with Crippen LogP contribution in [0.15, 0.2) is 24.8 Å². The van der Waals surface area contributed by atoms with Crippen molar-refractivity contribution in [3.8, 4) is 0 Å². The van der Waals surface area contributed by atoms with Crippen LogP contribution in [-0.4, -0.2) is 26.1 Å². The molecule has 108 valence electrons. The molecule has 2 aromatic rings. The van der Waals surface area contributed by atoms with Gasteiger partial charge in [0.1, 0.15) is 11.6 Å². The molecular formula is C15H23N5. The molecule has 0 saturated carbocycles. The van der Waals surface area contributed by atoms with Crippen LogP contribution in [0.5, 0.6) is 0 Å². The van der Waals surface area contributed by atoms with Gasteiger partial charge in [0.15, 0.2) is 0 Å². The summed E-state index contributed by atoms with van der Waals surface area (Å²) >= 11 is 0. The van der Waals surface area contributed by atoms with Crippen molar-refractivity contribution in [1.29, 1.82) is 0 Å². The summed E-state index contributed by atoms with van der Waals surface area (Å²) in [5.74, 6) is 1.92. The SMILES string of the molecule is CCCNC(Cc1nccn1CC)c1ncc(C)cn1. The second-order valence-electron chi connectivity index (χ2n) is 4.96. The lowest BCUT2D eigenvalue weighted by Gasteiger charge is -2.17. The molecule has 0 aromatic carbocycles. The first kappa shape index (κ1) is 14.7. The number of hydrogen-bond donors (Lipinski definition) is 1. The van der Waals surface area contributed by atoms with Gasteiger partial charge in [-0.3, -0.25) is 0 Å². The third-order valence-corrected chi connectivity index (χ3v) is 3.28. The van der Waals surface area contributed by atoms with Crippen LogP contribution in [0.4, 0.5) is 0 Å². The fraction of sp³-hybridized carbons (Fsp3) is 0.533. The van der Waals surface area contributed by atoms with Crippen molar-refractivity contribution in [2.75, 3.05) is 6.54 Å². The first-order valence-electron chi connectivity index (χ1n) is 7.26. The lowest BCUT2D eigenvalue weighted by molar-refractivity contribution is 0.484. The van der Waals surface area contributed by atoms with Gasteiger partial charge in [-0.1, -0.05) is 6.92 Å². The lowest BCUT2D eigenvalue weighted by Crippen LogP contribution is -2.27. The van der Waals surface area contributed by atoms with E-state index in [0.29, 0.717) is 0 Å². The average molecular weight is 273 g/mol. The quantitative estimate of drug-likeness (QED) is 0.841. The van der Waals surface area contributed by atoms with E-state index in [9.17, 15) is 0 Å². The van der Waals surface area contributed by atoms with Crippen LogP contribution in [-0.2, 0) is 13.0 Å². The smallest absolute Gasteiger partial charge is 0.145 e. The van der Waals surface area contributed by atoms with Crippen molar-refractivity contribution >= 4 is 0 Å². The zero-order valence-corrected chi connectivity index (χ0v) is 12.5. The summed E-state index contributed by atoms with van der Waals surface area (Å²) in [6, 6.07) is 0.114. The van der Waals surface area contributed by atoms with E-state index in [2.05, 4.69) is 38.7 Å². The number of aryl methyl sites for hydroxylation is 2. The first-order valence-corrected chi connectivity index (χ1v) is 7.26. The van der Waals surface area contributed by atoms with Gasteiger partial charge in [-0.15, -0.1) is 0 Å². The summed E-state index contributed by atoms with van der Waals surface area (Å²) in [6.45, 7) is 8.18. The molecule has 0 spiro atoms. The van der Waals surface area contributed by atoms with Gasteiger partial charge in [-0.2, -0.15) is 0 Å². The van der Waals surface area contributed by atoms with Gasteiger partial charge in [0.05, 0.1) is 6.04 Å². The van der Waals surface area contributed by atoms with Crippen LogP contribution in [0.3, 0.4) is 0 Å². The third kappa shape index (κ3) is 3.63. The summed E-state index contributed by atoms with van der Waals surface area (Å²) < 4.78 is 2.16. The molecule has 0 amide bonds. The molecule has 2 aromatic heterocycles. The Bertz CT molecular complexity index is 517. The summed E-state index contributed by atoms with van der Waals surface area (Å²) in [4.78, 5) is 13.4. The van der Waals surface area contributed by atoms with Crippen molar-refractivity contribution in [2.24, 2.45) is 0 Å². The normalized spacial score (nSPS) is 12.6. The van der Waals surface area contributed by atoms with E-state index >= 15 is 0 Å². The first-order chi connectivity index (χ1) is 9.74. The Labute approximate surface area is 120 Å². The van der Waals surface area contributed by atoms with Crippen molar-refractivity contribution in [3.63, 3.8) is 0 Å². The molecule has 1 N–H and O–H groups in total. The summed E-state index contributed by atoms with van der Waals surface area (Å²) in [6.07, 6.45) is 9.51. The van der Waals surface area contributed by atoms with Crippen molar-refractivity contribution in [2.45, 2.75) is 46.2 Å². The predicted molar refractivity (Wildman–Crippen MR) is 79.4 cm³/mol. The van der Waals surface area contributed by atoms with Crippen molar-refractivity contribution < 1.29 is 0 Å². The monoisotopic (exact) mass is 273 g/mol. The Morgan fingerprint density at radius 2 is 1.95 bits per heavy atom. The van der Waals surface area contributed by atoms with E-state index in [0.717, 1.165) is 43.1 Å². The summed E-state index contributed by atoms with van der Waals surface area (Å²) in [5.41, 5.74) is 1.08. The topological polar surface area (TPSA) is 55.6 Å². The lowest BCUT2D eigenvalue weighted by atomic mass is 10.1. The minimum atomic E-state index is 0.114. The molecule has 20 heavy (non-hydrogen) atoms. The fourth-order valence-corrected chi connectivity index (χ4v) is 2.16. The van der Waals surface area contributed by atoms with Crippen LogP contribution < -0.4 is 5.32 Å². The van der Waals surface area contributed by atoms with E-state index in [1.54, 1.807) is 0 Å². The highest BCUT2D eigenvalue weighted by molar-refractivity contribution is 5.07. The molecule has 0 saturated heterocycles. The van der Waals surface area contributed by atoms with Crippen LogP contribution in [0, 0.1) is 6.92 Å². The molecule has 0 aliphatic carbocycles. The number of rotatable bonds is 7. The van der Waals surface area contributed by atoms with Gasteiger partial charge in [0.2, 0.25) is 0 Å².